The third kappa shape index (κ3) is 2.78. The summed E-state index contributed by atoms with van der Waals surface area (Å²) in [5.74, 6) is 1.08. The van der Waals surface area contributed by atoms with Gasteiger partial charge in [-0.05, 0) is 42.5 Å². The maximum absolute atomic E-state index is 12.4. The lowest BCUT2D eigenvalue weighted by atomic mass is 10.0. The minimum atomic E-state index is -0.0570. The Morgan fingerprint density at radius 3 is 2.58 bits per heavy atom. The van der Waals surface area contributed by atoms with E-state index in [9.17, 15) is 4.79 Å². The number of nitrogens with zero attached hydrogens (tertiary/aromatic N) is 1. The van der Waals surface area contributed by atoms with E-state index in [-0.39, 0.29) is 11.8 Å². The molecule has 1 amide bonds. The van der Waals surface area contributed by atoms with E-state index in [4.69, 9.17) is 4.74 Å². The average Bonchev–Trinajstić information content (AvgIpc) is 3.30. The van der Waals surface area contributed by atoms with Crippen molar-refractivity contribution in [2.45, 2.75) is 5.92 Å². The number of para-hydroxylation sites is 1. The fourth-order valence-electron chi connectivity index (χ4n) is 3.01. The molecule has 2 aromatic carbocycles. The van der Waals surface area contributed by atoms with Gasteiger partial charge < -0.3 is 14.6 Å². The fourth-order valence-corrected chi connectivity index (χ4v) is 3.01. The van der Waals surface area contributed by atoms with E-state index in [1.54, 1.807) is 0 Å². The molecule has 1 aliphatic heterocycles. The van der Waals surface area contributed by atoms with E-state index in [1.165, 1.54) is 5.56 Å². The van der Waals surface area contributed by atoms with Crippen LogP contribution in [0.15, 0.2) is 73.1 Å². The molecule has 0 saturated carbocycles. The van der Waals surface area contributed by atoms with E-state index < -0.39 is 0 Å². The fraction of sp³-hybridized carbons (Fsp3) is 0.150. The van der Waals surface area contributed by atoms with Gasteiger partial charge in [0.1, 0.15) is 5.75 Å². The number of nitrogens with one attached hydrogen (secondary N) is 1. The van der Waals surface area contributed by atoms with Crippen molar-refractivity contribution >= 4 is 5.91 Å². The second kappa shape index (κ2) is 6.24. The number of carbonyl (C=O) groups excluding carboxylic acids is 1. The smallest absolute Gasteiger partial charge is 0.251 e. The first-order chi connectivity index (χ1) is 11.8. The summed E-state index contributed by atoms with van der Waals surface area (Å²) in [7, 11) is 0. The Bertz CT molecular complexity index is 838. The number of rotatable bonds is 4. The molecule has 1 N–H and O–H groups in total. The molecule has 4 rings (SSSR count). The zero-order valence-electron chi connectivity index (χ0n) is 13.2. The van der Waals surface area contributed by atoms with Gasteiger partial charge in [0.25, 0.3) is 5.91 Å². The van der Waals surface area contributed by atoms with Crippen LogP contribution in [-0.4, -0.2) is 23.6 Å². The molecular formula is C20H18N2O2. The predicted octanol–water partition coefficient (Wildman–Crippen LogP) is 3.38. The molecule has 120 valence electrons. The van der Waals surface area contributed by atoms with Crippen LogP contribution in [0, 0.1) is 0 Å². The number of fused-ring (bicyclic) bond motifs is 1. The van der Waals surface area contributed by atoms with Gasteiger partial charge in [0.15, 0.2) is 0 Å². The molecule has 24 heavy (non-hydrogen) atoms. The predicted molar refractivity (Wildman–Crippen MR) is 92.8 cm³/mol. The maximum atomic E-state index is 12.4. The summed E-state index contributed by atoms with van der Waals surface area (Å²) in [5, 5.41) is 3.01. The molecule has 3 aromatic rings. The van der Waals surface area contributed by atoms with Gasteiger partial charge in [-0.25, -0.2) is 0 Å². The van der Waals surface area contributed by atoms with Crippen LogP contribution in [0.4, 0.5) is 0 Å². The molecule has 0 spiro atoms. The van der Waals surface area contributed by atoms with Crippen molar-refractivity contribution in [1.29, 1.82) is 0 Å². The first kappa shape index (κ1) is 14.6. The number of benzene rings is 2. The van der Waals surface area contributed by atoms with Crippen LogP contribution in [0.1, 0.15) is 21.8 Å². The molecular weight excluding hydrogens is 300 g/mol. The maximum Gasteiger partial charge on any atom is 0.251 e. The first-order valence-corrected chi connectivity index (χ1v) is 8.04. The second-order valence-electron chi connectivity index (χ2n) is 5.89. The molecule has 0 aliphatic carbocycles. The summed E-state index contributed by atoms with van der Waals surface area (Å²) < 4.78 is 7.66. The van der Waals surface area contributed by atoms with Gasteiger partial charge in [-0.1, -0.05) is 18.2 Å². The quantitative estimate of drug-likeness (QED) is 0.801. The molecule has 1 atom stereocenters. The summed E-state index contributed by atoms with van der Waals surface area (Å²) in [6.07, 6.45) is 3.96. The van der Waals surface area contributed by atoms with E-state index in [0.29, 0.717) is 18.7 Å². The van der Waals surface area contributed by atoms with Gasteiger partial charge >= 0.3 is 0 Å². The Balaban J connectivity index is 1.40. The molecule has 4 nitrogen and oxygen atoms in total. The van der Waals surface area contributed by atoms with Crippen molar-refractivity contribution in [3.05, 3.63) is 84.2 Å². The highest BCUT2D eigenvalue weighted by Gasteiger charge is 2.23. The monoisotopic (exact) mass is 318 g/mol. The Labute approximate surface area is 140 Å². The average molecular weight is 318 g/mol. The number of carbonyl (C=O) groups is 1. The molecule has 0 fully saturated rings. The summed E-state index contributed by atoms with van der Waals surface area (Å²) in [5.41, 5.74) is 2.87. The Kier molecular flexibility index (Phi) is 3.79. The van der Waals surface area contributed by atoms with Crippen molar-refractivity contribution in [1.82, 2.24) is 9.88 Å². The number of hydrogen-bond acceptors (Lipinski definition) is 2. The molecule has 0 radical (unpaired) electrons. The van der Waals surface area contributed by atoms with Crippen LogP contribution in [0.2, 0.25) is 0 Å². The highest BCUT2D eigenvalue weighted by molar-refractivity contribution is 5.94. The third-order valence-corrected chi connectivity index (χ3v) is 4.34. The molecule has 4 heteroatoms. The highest BCUT2D eigenvalue weighted by Crippen LogP contribution is 2.32. The third-order valence-electron chi connectivity index (χ3n) is 4.34. The number of aromatic nitrogens is 1. The minimum Gasteiger partial charge on any atom is -0.493 e. The zero-order valence-corrected chi connectivity index (χ0v) is 13.2. The van der Waals surface area contributed by atoms with Gasteiger partial charge in [0, 0.05) is 41.7 Å². The van der Waals surface area contributed by atoms with Crippen LogP contribution in [0.25, 0.3) is 5.69 Å². The van der Waals surface area contributed by atoms with E-state index in [0.717, 1.165) is 11.4 Å². The van der Waals surface area contributed by atoms with Gasteiger partial charge in [-0.2, -0.15) is 0 Å². The normalized spacial score (nSPS) is 15.6. The number of ether oxygens (including phenoxy) is 1. The molecule has 0 unspecified atom stereocenters. The summed E-state index contributed by atoms with van der Waals surface area (Å²) in [6, 6.07) is 19.5. The standard InChI is InChI=1S/C20H18N2O2/c23-20(15-7-9-17(10-8-15)22-11-3-4-12-22)21-13-16-14-24-19-6-2-1-5-18(16)19/h1-12,16H,13-14H2,(H,21,23)/t16-/m0/s1. The van der Waals surface area contributed by atoms with Gasteiger partial charge in [-0.15, -0.1) is 0 Å². The van der Waals surface area contributed by atoms with E-state index >= 15 is 0 Å². The Morgan fingerprint density at radius 1 is 1.04 bits per heavy atom. The largest absolute Gasteiger partial charge is 0.493 e. The summed E-state index contributed by atoms with van der Waals surface area (Å²) in [6.45, 7) is 1.20. The van der Waals surface area contributed by atoms with Gasteiger partial charge in [-0.3, -0.25) is 4.79 Å². The van der Waals surface area contributed by atoms with Crippen LogP contribution in [0.3, 0.4) is 0 Å². The van der Waals surface area contributed by atoms with Crippen LogP contribution in [0.5, 0.6) is 5.75 Å². The van der Waals surface area contributed by atoms with Crippen molar-refractivity contribution < 1.29 is 9.53 Å². The van der Waals surface area contributed by atoms with Crippen LogP contribution >= 0.6 is 0 Å². The zero-order chi connectivity index (χ0) is 16.4. The van der Waals surface area contributed by atoms with E-state index in [1.807, 2.05) is 71.6 Å². The van der Waals surface area contributed by atoms with Crippen molar-refractivity contribution in [3.63, 3.8) is 0 Å². The SMILES string of the molecule is O=C(NC[C@H]1COc2ccccc21)c1ccc(-n2cccc2)cc1. The Hall–Kier alpha value is -3.01. The Morgan fingerprint density at radius 2 is 1.79 bits per heavy atom. The van der Waals surface area contributed by atoms with Gasteiger partial charge in [0.05, 0.1) is 6.61 Å². The van der Waals surface area contributed by atoms with Crippen LogP contribution in [-0.2, 0) is 0 Å². The molecule has 1 aliphatic rings. The number of amides is 1. The van der Waals surface area contributed by atoms with Crippen molar-refractivity contribution in [2.24, 2.45) is 0 Å². The second-order valence-corrected chi connectivity index (χ2v) is 5.89. The van der Waals surface area contributed by atoms with Crippen molar-refractivity contribution in [2.75, 3.05) is 13.2 Å². The molecule has 2 heterocycles. The van der Waals surface area contributed by atoms with Gasteiger partial charge in [0.2, 0.25) is 0 Å². The summed E-state index contributed by atoms with van der Waals surface area (Å²) >= 11 is 0. The highest BCUT2D eigenvalue weighted by atomic mass is 16.5. The molecule has 1 aromatic heterocycles. The minimum absolute atomic E-state index is 0.0570. The topological polar surface area (TPSA) is 43.3 Å². The summed E-state index contributed by atoms with van der Waals surface area (Å²) in [4.78, 5) is 12.4. The number of hydrogen-bond donors (Lipinski definition) is 1. The molecule has 0 saturated heterocycles. The lowest BCUT2D eigenvalue weighted by Crippen LogP contribution is -2.29. The first-order valence-electron chi connectivity index (χ1n) is 8.04. The lowest BCUT2D eigenvalue weighted by Gasteiger charge is -2.11. The molecule has 0 bridgehead atoms. The lowest BCUT2D eigenvalue weighted by molar-refractivity contribution is 0.0950. The van der Waals surface area contributed by atoms with Crippen LogP contribution < -0.4 is 10.1 Å². The van der Waals surface area contributed by atoms with Crippen molar-refractivity contribution in [3.8, 4) is 11.4 Å². The van der Waals surface area contributed by atoms with E-state index in [2.05, 4.69) is 11.4 Å².